The summed E-state index contributed by atoms with van der Waals surface area (Å²) in [6.45, 7) is 8.00. The van der Waals surface area contributed by atoms with Crippen molar-refractivity contribution >= 4 is 23.1 Å². The number of carbonyl (C=O) groups is 1. The van der Waals surface area contributed by atoms with E-state index in [0.717, 1.165) is 34.4 Å². The van der Waals surface area contributed by atoms with Gasteiger partial charge in [0.25, 0.3) is 0 Å². The van der Waals surface area contributed by atoms with E-state index in [2.05, 4.69) is 6.07 Å². The number of hydrogen-bond donors (Lipinski definition) is 1. The number of carbonyl (C=O) groups excluding carboxylic acids is 1. The maximum Gasteiger partial charge on any atom is 0.416 e. The van der Waals surface area contributed by atoms with E-state index in [1.807, 2.05) is 52.0 Å². The zero-order valence-electron chi connectivity index (χ0n) is 24.3. The quantitative estimate of drug-likeness (QED) is 0.315. The molecule has 0 fully saturated rings. The Morgan fingerprint density at radius 1 is 1.09 bits per heavy atom. The highest BCUT2D eigenvalue weighted by Crippen LogP contribution is 2.51. The lowest BCUT2D eigenvalue weighted by molar-refractivity contribution is -0.137. The van der Waals surface area contributed by atoms with Gasteiger partial charge in [0, 0.05) is 23.4 Å². The molecule has 3 aromatic rings. The SMILES string of the molecule is Cc1cc(COc2ccccc2Cl)c(C)c(C2C(C#N)=C(N)N(c3ccc(C(F)(F)F)cc3)C3=C2C(=O)CC(C)(C)C3)c1. The van der Waals surface area contributed by atoms with Gasteiger partial charge < -0.3 is 10.5 Å². The number of aryl methyl sites for hydroxylation is 1. The van der Waals surface area contributed by atoms with E-state index in [1.54, 1.807) is 17.0 Å². The van der Waals surface area contributed by atoms with Crippen molar-refractivity contribution in [1.29, 1.82) is 5.26 Å². The third kappa shape index (κ3) is 5.74. The van der Waals surface area contributed by atoms with Gasteiger partial charge in [0.15, 0.2) is 5.78 Å². The number of hydrogen-bond acceptors (Lipinski definition) is 5. The van der Waals surface area contributed by atoms with Crippen molar-refractivity contribution in [3.8, 4) is 11.8 Å². The zero-order chi connectivity index (χ0) is 31.3. The molecule has 5 nitrogen and oxygen atoms in total. The van der Waals surface area contributed by atoms with Crippen LogP contribution in [0.25, 0.3) is 0 Å². The fraction of sp³-hybridized carbons (Fsp3) is 0.294. The van der Waals surface area contributed by atoms with Gasteiger partial charge in [-0.15, -0.1) is 0 Å². The second-order valence-electron chi connectivity index (χ2n) is 11.9. The number of para-hydroxylation sites is 1. The van der Waals surface area contributed by atoms with E-state index in [9.17, 15) is 23.2 Å². The predicted molar refractivity (Wildman–Crippen MR) is 160 cm³/mol. The molecule has 1 aliphatic carbocycles. The van der Waals surface area contributed by atoms with Gasteiger partial charge in [-0.2, -0.15) is 18.4 Å². The van der Waals surface area contributed by atoms with E-state index in [0.29, 0.717) is 34.2 Å². The number of halogens is 4. The highest BCUT2D eigenvalue weighted by Gasteiger charge is 2.45. The molecule has 5 rings (SSSR count). The molecule has 0 saturated heterocycles. The van der Waals surface area contributed by atoms with Gasteiger partial charge in [-0.05, 0) is 78.8 Å². The van der Waals surface area contributed by atoms with Crippen molar-refractivity contribution in [1.82, 2.24) is 0 Å². The molecule has 0 bridgehead atoms. The van der Waals surface area contributed by atoms with Crippen molar-refractivity contribution in [3.63, 3.8) is 0 Å². The molecule has 0 spiro atoms. The minimum Gasteiger partial charge on any atom is -0.487 e. The molecule has 1 aliphatic heterocycles. The molecule has 0 radical (unpaired) electrons. The number of ketones is 1. The second-order valence-corrected chi connectivity index (χ2v) is 12.3. The van der Waals surface area contributed by atoms with E-state index >= 15 is 0 Å². The number of alkyl halides is 3. The molecule has 0 aromatic heterocycles. The summed E-state index contributed by atoms with van der Waals surface area (Å²) in [5.74, 6) is -0.240. The van der Waals surface area contributed by atoms with Crippen LogP contribution in [0.15, 0.2) is 83.3 Å². The first-order valence-corrected chi connectivity index (χ1v) is 14.2. The summed E-state index contributed by atoms with van der Waals surface area (Å²) in [4.78, 5) is 15.5. The van der Waals surface area contributed by atoms with Crippen LogP contribution in [0.5, 0.6) is 5.75 Å². The highest BCUT2D eigenvalue weighted by molar-refractivity contribution is 6.32. The van der Waals surface area contributed by atoms with Gasteiger partial charge in [-0.1, -0.05) is 55.3 Å². The number of rotatable bonds is 5. The molecule has 222 valence electrons. The minimum absolute atomic E-state index is 0.0892. The summed E-state index contributed by atoms with van der Waals surface area (Å²) in [6.07, 6.45) is -3.80. The molecule has 0 saturated carbocycles. The third-order valence-corrected chi connectivity index (χ3v) is 8.38. The monoisotopic (exact) mass is 605 g/mol. The number of Topliss-reactive ketones (excluding diaryl/α,β-unsaturated/α-hetero) is 1. The van der Waals surface area contributed by atoms with Crippen molar-refractivity contribution in [2.75, 3.05) is 4.90 Å². The molecule has 2 aliphatic rings. The maximum atomic E-state index is 13.9. The van der Waals surface area contributed by atoms with Crippen molar-refractivity contribution in [3.05, 3.63) is 116 Å². The first kappa shape index (κ1) is 30.2. The Balaban J connectivity index is 1.66. The van der Waals surface area contributed by atoms with E-state index in [-0.39, 0.29) is 30.2 Å². The van der Waals surface area contributed by atoms with Crippen molar-refractivity contribution in [2.45, 2.75) is 59.2 Å². The van der Waals surface area contributed by atoms with Crippen LogP contribution in [0, 0.1) is 30.6 Å². The molecule has 1 atom stereocenters. The Morgan fingerprint density at radius 3 is 2.40 bits per heavy atom. The summed E-state index contributed by atoms with van der Waals surface area (Å²) in [5.41, 5.74) is 10.4. The Bertz CT molecular complexity index is 1720. The maximum absolute atomic E-state index is 13.9. The van der Waals surface area contributed by atoms with E-state index in [1.165, 1.54) is 12.1 Å². The van der Waals surface area contributed by atoms with Crippen LogP contribution < -0.4 is 15.4 Å². The van der Waals surface area contributed by atoms with Crippen LogP contribution in [0.1, 0.15) is 60.4 Å². The molecular formula is C34H31ClF3N3O2. The molecule has 43 heavy (non-hydrogen) atoms. The molecule has 2 N–H and O–H groups in total. The molecule has 1 heterocycles. The Labute approximate surface area is 254 Å². The summed E-state index contributed by atoms with van der Waals surface area (Å²) in [7, 11) is 0. The number of nitrogens with two attached hydrogens (primary N) is 1. The average Bonchev–Trinajstić information content (AvgIpc) is 2.92. The van der Waals surface area contributed by atoms with Crippen LogP contribution in [0.4, 0.5) is 18.9 Å². The van der Waals surface area contributed by atoms with Gasteiger partial charge in [0.2, 0.25) is 0 Å². The van der Waals surface area contributed by atoms with Crippen LogP contribution in [-0.4, -0.2) is 5.78 Å². The molecule has 0 amide bonds. The number of nitrogens with zero attached hydrogens (tertiary/aromatic N) is 2. The van der Waals surface area contributed by atoms with Crippen molar-refractivity contribution < 1.29 is 22.7 Å². The Kier molecular flexibility index (Phi) is 7.82. The summed E-state index contributed by atoms with van der Waals surface area (Å²) in [6, 6.07) is 18.0. The normalized spacial score (nSPS) is 18.4. The number of allylic oxidation sites excluding steroid dienone is 3. The molecular weight excluding hydrogens is 575 g/mol. The van der Waals surface area contributed by atoms with Gasteiger partial charge in [0.05, 0.1) is 28.1 Å². The van der Waals surface area contributed by atoms with Gasteiger partial charge in [0.1, 0.15) is 18.2 Å². The number of anilines is 1. The van der Waals surface area contributed by atoms with Crippen molar-refractivity contribution in [2.24, 2.45) is 11.1 Å². The standard InChI is InChI=1S/C34H31ClF3N3O2/c1-19-13-21(18-43-29-8-6-5-7-26(29)35)20(2)24(14-19)30-25(17-39)32(40)41(23-11-9-22(10-12-23)34(36,37)38)27-15-33(3,4)16-28(42)31(27)30/h5-14,30H,15-16,18,40H2,1-4H3. The largest absolute Gasteiger partial charge is 0.487 e. The second kappa shape index (κ2) is 11.1. The van der Waals surface area contributed by atoms with Crippen LogP contribution in [0.2, 0.25) is 5.02 Å². The fourth-order valence-corrected chi connectivity index (χ4v) is 6.24. The van der Waals surface area contributed by atoms with Crippen LogP contribution in [-0.2, 0) is 17.6 Å². The van der Waals surface area contributed by atoms with Gasteiger partial charge >= 0.3 is 6.18 Å². The topological polar surface area (TPSA) is 79.3 Å². The van der Waals surface area contributed by atoms with E-state index < -0.39 is 23.1 Å². The highest BCUT2D eigenvalue weighted by atomic mass is 35.5. The average molecular weight is 606 g/mol. The molecule has 1 unspecified atom stereocenters. The van der Waals surface area contributed by atoms with Gasteiger partial charge in [-0.3, -0.25) is 9.69 Å². The van der Waals surface area contributed by atoms with Crippen LogP contribution >= 0.6 is 11.6 Å². The lowest BCUT2D eigenvalue weighted by Crippen LogP contribution is -2.42. The smallest absolute Gasteiger partial charge is 0.416 e. The molecule has 9 heteroatoms. The van der Waals surface area contributed by atoms with Gasteiger partial charge in [-0.25, -0.2) is 0 Å². The Morgan fingerprint density at radius 2 is 1.77 bits per heavy atom. The number of benzene rings is 3. The lowest BCUT2D eigenvalue weighted by Gasteiger charge is -2.44. The van der Waals surface area contributed by atoms with E-state index in [4.69, 9.17) is 22.1 Å². The first-order chi connectivity index (χ1) is 20.2. The summed E-state index contributed by atoms with van der Waals surface area (Å²) in [5, 5.41) is 10.9. The first-order valence-electron chi connectivity index (χ1n) is 13.8. The number of nitriles is 1. The predicted octanol–water partition coefficient (Wildman–Crippen LogP) is 8.50. The summed E-state index contributed by atoms with van der Waals surface area (Å²) >= 11 is 6.29. The Hall–Kier alpha value is -4.22. The minimum atomic E-state index is -4.51. The summed E-state index contributed by atoms with van der Waals surface area (Å²) < 4.78 is 46.0. The zero-order valence-corrected chi connectivity index (χ0v) is 25.0. The lowest BCUT2D eigenvalue weighted by atomic mass is 9.68. The molecule has 3 aromatic carbocycles. The number of ether oxygens (including phenoxy) is 1. The fourth-order valence-electron chi connectivity index (χ4n) is 6.04. The van der Waals surface area contributed by atoms with Crippen LogP contribution in [0.3, 0.4) is 0 Å². The third-order valence-electron chi connectivity index (χ3n) is 8.06.